The van der Waals surface area contributed by atoms with Crippen LogP contribution in [0.5, 0.6) is 0 Å². The molecular weight excluding hydrogens is 364 g/mol. The molecule has 0 unspecified atom stereocenters. The van der Waals surface area contributed by atoms with Gasteiger partial charge in [-0.05, 0) is 57.9 Å². The molecule has 1 aromatic carbocycles. The fourth-order valence-electron chi connectivity index (χ4n) is 3.93. The molecule has 0 fully saturated rings. The van der Waals surface area contributed by atoms with E-state index in [1.54, 1.807) is 4.90 Å². The minimum atomic E-state index is -0.198. The van der Waals surface area contributed by atoms with Crippen molar-refractivity contribution in [1.29, 1.82) is 0 Å². The highest BCUT2D eigenvalue weighted by Crippen LogP contribution is 2.34. The lowest BCUT2D eigenvalue weighted by Crippen LogP contribution is -2.52. The van der Waals surface area contributed by atoms with Gasteiger partial charge in [0.05, 0.1) is 6.04 Å². The van der Waals surface area contributed by atoms with Crippen molar-refractivity contribution in [3.05, 3.63) is 59.4 Å². The van der Waals surface area contributed by atoms with Gasteiger partial charge in [0.2, 0.25) is 5.91 Å². The summed E-state index contributed by atoms with van der Waals surface area (Å²) in [5, 5.41) is 2.91. The molecule has 0 saturated heterocycles. The highest BCUT2D eigenvalue weighted by Gasteiger charge is 2.34. The number of aryl methyl sites for hydroxylation is 1. The summed E-state index contributed by atoms with van der Waals surface area (Å²) in [4.78, 5) is 29.6. The number of hydrogen-bond acceptors (Lipinski definition) is 2. The summed E-state index contributed by atoms with van der Waals surface area (Å²) in [7, 11) is 0. The molecule has 1 aliphatic rings. The summed E-state index contributed by atoms with van der Waals surface area (Å²) in [5.41, 5.74) is 3.40. The van der Waals surface area contributed by atoms with E-state index in [1.807, 2.05) is 50.8 Å². The quantitative estimate of drug-likeness (QED) is 0.840. The smallest absolute Gasteiger partial charge is 0.318 e. The Balaban J connectivity index is 1.90. The summed E-state index contributed by atoms with van der Waals surface area (Å²) in [6.45, 7) is 11.3. The molecule has 3 amide bonds. The van der Waals surface area contributed by atoms with Crippen LogP contribution in [0.15, 0.2) is 42.6 Å². The van der Waals surface area contributed by atoms with Gasteiger partial charge in [0.1, 0.15) is 6.54 Å². The number of benzene rings is 1. The minimum Gasteiger partial charge on any atom is -0.348 e. The Morgan fingerprint density at radius 1 is 1.10 bits per heavy atom. The molecule has 0 bridgehead atoms. The van der Waals surface area contributed by atoms with Crippen LogP contribution in [-0.2, 0) is 11.3 Å². The van der Waals surface area contributed by atoms with Crippen molar-refractivity contribution in [2.24, 2.45) is 0 Å². The van der Waals surface area contributed by atoms with Crippen LogP contribution in [0.25, 0.3) is 0 Å². The first-order valence-electron chi connectivity index (χ1n) is 10.4. The molecule has 6 heteroatoms. The van der Waals surface area contributed by atoms with Gasteiger partial charge in [0, 0.05) is 37.1 Å². The zero-order valence-electron chi connectivity index (χ0n) is 18.1. The van der Waals surface area contributed by atoms with Crippen molar-refractivity contribution >= 4 is 11.9 Å². The molecule has 0 saturated carbocycles. The average molecular weight is 397 g/mol. The molecule has 0 aliphatic carbocycles. The van der Waals surface area contributed by atoms with E-state index in [2.05, 4.69) is 41.2 Å². The maximum absolute atomic E-state index is 13.4. The van der Waals surface area contributed by atoms with E-state index in [0.717, 1.165) is 23.4 Å². The van der Waals surface area contributed by atoms with Gasteiger partial charge in [0.25, 0.3) is 0 Å². The van der Waals surface area contributed by atoms with Crippen molar-refractivity contribution in [3.63, 3.8) is 0 Å². The number of urea groups is 1. The standard InChI is InChI=1S/C23H32N4O2/c1-16(2)24-23(29)27(17(3)4)15-21(28)26-14-13-25-12-8-11-20(25)22(26)19-10-7-6-9-18(19)5/h6-12,16-17,22H,13-15H2,1-5H3,(H,24,29)/t22-/m1/s1. The zero-order chi connectivity index (χ0) is 21.1. The van der Waals surface area contributed by atoms with Gasteiger partial charge in [0.15, 0.2) is 0 Å². The molecule has 3 rings (SSSR count). The van der Waals surface area contributed by atoms with Crippen molar-refractivity contribution in [1.82, 2.24) is 19.7 Å². The number of nitrogens with one attached hydrogen (secondary N) is 1. The highest BCUT2D eigenvalue weighted by atomic mass is 16.2. The van der Waals surface area contributed by atoms with Gasteiger partial charge in [-0.1, -0.05) is 24.3 Å². The first-order valence-corrected chi connectivity index (χ1v) is 10.4. The van der Waals surface area contributed by atoms with E-state index >= 15 is 0 Å². The zero-order valence-corrected chi connectivity index (χ0v) is 18.1. The third-order valence-electron chi connectivity index (χ3n) is 5.44. The van der Waals surface area contributed by atoms with Crippen LogP contribution >= 0.6 is 0 Å². The molecule has 156 valence electrons. The fourth-order valence-corrected chi connectivity index (χ4v) is 3.93. The van der Waals surface area contributed by atoms with Gasteiger partial charge in [-0.25, -0.2) is 4.79 Å². The summed E-state index contributed by atoms with van der Waals surface area (Å²) in [6, 6.07) is 11.9. The Kier molecular flexibility index (Phi) is 6.30. The summed E-state index contributed by atoms with van der Waals surface area (Å²) in [6.07, 6.45) is 2.07. The largest absolute Gasteiger partial charge is 0.348 e. The highest BCUT2D eigenvalue weighted by molar-refractivity contribution is 5.85. The second-order valence-corrected chi connectivity index (χ2v) is 8.30. The molecular formula is C23H32N4O2. The molecule has 1 atom stereocenters. The number of aromatic nitrogens is 1. The van der Waals surface area contributed by atoms with E-state index in [1.165, 1.54) is 0 Å². The van der Waals surface area contributed by atoms with Crippen molar-refractivity contribution < 1.29 is 9.59 Å². The normalized spacial score (nSPS) is 16.1. The van der Waals surface area contributed by atoms with E-state index in [-0.39, 0.29) is 36.6 Å². The maximum atomic E-state index is 13.4. The number of fused-ring (bicyclic) bond motifs is 1. The Bertz CT molecular complexity index is 871. The number of amides is 3. The average Bonchev–Trinajstić information content (AvgIpc) is 3.13. The maximum Gasteiger partial charge on any atom is 0.318 e. The van der Waals surface area contributed by atoms with Crippen molar-refractivity contribution in [2.45, 2.75) is 59.3 Å². The van der Waals surface area contributed by atoms with Gasteiger partial charge in [-0.2, -0.15) is 0 Å². The molecule has 1 aromatic heterocycles. The fraction of sp³-hybridized carbons (Fsp3) is 0.478. The van der Waals surface area contributed by atoms with Crippen LogP contribution in [-0.4, -0.2) is 51.5 Å². The number of carbonyl (C=O) groups is 2. The second kappa shape index (κ2) is 8.72. The minimum absolute atomic E-state index is 0.0248. The lowest BCUT2D eigenvalue weighted by molar-refractivity contribution is -0.134. The predicted octanol–water partition coefficient (Wildman–Crippen LogP) is 3.56. The lowest BCUT2D eigenvalue weighted by atomic mass is 9.95. The van der Waals surface area contributed by atoms with E-state index in [9.17, 15) is 9.59 Å². The van der Waals surface area contributed by atoms with Gasteiger partial charge >= 0.3 is 6.03 Å². The summed E-state index contributed by atoms with van der Waals surface area (Å²) in [5.74, 6) is -0.0293. The van der Waals surface area contributed by atoms with Crippen LogP contribution in [0.3, 0.4) is 0 Å². The molecule has 29 heavy (non-hydrogen) atoms. The third kappa shape index (κ3) is 4.47. The molecule has 1 aliphatic heterocycles. The molecule has 2 heterocycles. The molecule has 0 spiro atoms. The Morgan fingerprint density at radius 2 is 1.83 bits per heavy atom. The molecule has 0 radical (unpaired) electrons. The third-order valence-corrected chi connectivity index (χ3v) is 5.44. The Hall–Kier alpha value is -2.76. The SMILES string of the molecule is Cc1ccccc1[C@@H]1c2cccn2CCN1C(=O)CN(C(=O)NC(C)C)C(C)C. The number of carbonyl (C=O) groups excluding carboxylic acids is 2. The Labute approximate surface area is 173 Å². The van der Waals surface area contributed by atoms with E-state index < -0.39 is 0 Å². The van der Waals surface area contributed by atoms with Gasteiger partial charge in [-0.3, -0.25) is 4.79 Å². The second-order valence-electron chi connectivity index (χ2n) is 8.30. The monoisotopic (exact) mass is 396 g/mol. The van der Waals surface area contributed by atoms with Crippen LogP contribution in [0.4, 0.5) is 4.79 Å². The van der Waals surface area contributed by atoms with Crippen LogP contribution in [0.2, 0.25) is 0 Å². The van der Waals surface area contributed by atoms with Crippen LogP contribution < -0.4 is 5.32 Å². The Morgan fingerprint density at radius 3 is 2.48 bits per heavy atom. The van der Waals surface area contributed by atoms with Crippen molar-refractivity contribution in [2.75, 3.05) is 13.1 Å². The topological polar surface area (TPSA) is 57.6 Å². The van der Waals surface area contributed by atoms with Crippen molar-refractivity contribution in [3.8, 4) is 0 Å². The molecule has 1 N–H and O–H groups in total. The first kappa shape index (κ1) is 21.0. The summed E-state index contributed by atoms with van der Waals surface area (Å²) < 4.78 is 2.21. The molecule has 2 aromatic rings. The first-order chi connectivity index (χ1) is 13.8. The van der Waals surface area contributed by atoms with Gasteiger partial charge < -0.3 is 19.7 Å². The predicted molar refractivity (Wildman–Crippen MR) is 115 cm³/mol. The number of nitrogens with zero attached hydrogens (tertiary/aromatic N) is 3. The van der Waals surface area contributed by atoms with Crippen LogP contribution in [0, 0.1) is 6.92 Å². The number of rotatable bonds is 5. The van der Waals surface area contributed by atoms with E-state index in [4.69, 9.17) is 0 Å². The lowest BCUT2D eigenvalue weighted by Gasteiger charge is -2.39. The van der Waals surface area contributed by atoms with E-state index in [0.29, 0.717) is 6.54 Å². The van der Waals surface area contributed by atoms with Crippen LogP contribution in [0.1, 0.15) is 50.6 Å². The molecule has 6 nitrogen and oxygen atoms in total. The summed E-state index contributed by atoms with van der Waals surface area (Å²) >= 11 is 0. The number of hydrogen-bond donors (Lipinski definition) is 1. The van der Waals surface area contributed by atoms with Gasteiger partial charge in [-0.15, -0.1) is 0 Å².